The molecule has 3 atom stereocenters. The van der Waals surface area contributed by atoms with Gasteiger partial charge in [0.15, 0.2) is 0 Å². The number of amides is 1. The first-order valence-corrected chi connectivity index (χ1v) is 5.33. The van der Waals surface area contributed by atoms with Gasteiger partial charge >= 0.3 is 12.0 Å². The lowest BCUT2D eigenvalue weighted by molar-refractivity contribution is -0.139. The van der Waals surface area contributed by atoms with Gasteiger partial charge in [0.25, 0.3) is 6.57 Å². The fourth-order valence-corrected chi connectivity index (χ4v) is 1.70. The maximum atomic E-state index is 11.5. The summed E-state index contributed by atoms with van der Waals surface area (Å²) in [5, 5.41) is 23.0. The van der Waals surface area contributed by atoms with Gasteiger partial charge < -0.3 is 20.8 Å². The van der Waals surface area contributed by atoms with Crippen molar-refractivity contribution in [3.63, 3.8) is 0 Å². The minimum atomic E-state index is -0.924. The zero-order chi connectivity index (χ0) is 12.8. The number of hydrogen-bond donors (Lipinski definition) is 4. The van der Waals surface area contributed by atoms with E-state index >= 15 is 0 Å². The lowest BCUT2D eigenvalue weighted by Gasteiger charge is -2.10. The molecule has 1 heterocycles. The highest BCUT2D eigenvalue weighted by molar-refractivity contribution is 5.78. The van der Waals surface area contributed by atoms with Crippen LogP contribution in [0.25, 0.3) is 4.85 Å². The summed E-state index contributed by atoms with van der Waals surface area (Å²) in [4.78, 5) is 25.5. The lowest BCUT2D eigenvalue weighted by atomic mass is 10.1. The van der Waals surface area contributed by atoms with Crippen LogP contribution in [0.15, 0.2) is 0 Å². The Morgan fingerprint density at radius 1 is 1.59 bits per heavy atom. The maximum Gasteiger partial charge on any atom is 0.320 e. The Hall–Kier alpha value is -1.65. The number of aliphatic hydroxyl groups is 1. The highest BCUT2D eigenvalue weighted by atomic mass is 16.4. The lowest BCUT2D eigenvalue weighted by Crippen LogP contribution is -2.37. The average Bonchev–Trinajstić information content (AvgIpc) is 2.74. The van der Waals surface area contributed by atoms with Crippen LogP contribution < -0.4 is 10.6 Å². The van der Waals surface area contributed by atoms with Crippen molar-refractivity contribution < 1.29 is 19.8 Å². The number of carbonyl (C=O) groups is 2. The van der Waals surface area contributed by atoms with Crippen LogP contribution in [0, 0.1) is 6.57 Å². The summed E-state index contributed by atoms with van der Waals surface area (Å²) in [5.74, 6) is -1.22. The number of aliphatic carboxylic acids is 1. The van der Waals surface area contributed by atoms with E-state index in [9.17, 15) is 9.59 Å². The van der Waals surface area contributed by atoms with E-state index in [2.05, 4.69) is 15.5 Å². The molecule has 1 fully saturated rings. The van der Waals surface area contributed by atoms with Crippen molar-refractivity contribution in [3.8, 4) is 6.57 Å². The molecule has 0 spiro atoms. The van der Waals surface area contributed by atoms with Gasteiger partial charge in [-0.25, -0.2) is 0 Å². The predicted octanol–water partition coefficient (Wildman–Crippen LogP) is -1.37. The normalized spacial score (nSPS) is 24.9. The van der Waals surface area contributed by atoms with Crippen molar-refractivity contribution in [2.75, 3.05) is 13.2 Å². The average molecular weight is 242 g/mol. The quantitative estimate of drug-likeness (QED) is 0.476. The molecule has 0 aliphatic carbocycles. The Kier molecular flexibility index (Phi) is 4.87. The minimum Gasteiger partial charge on any atom is -0.480 e. The Bertz CT molecular complexity index is 339. The minimum absolute atomic E-state index is 0.00123. The number of nitrogens with one attached hydrogen (secondary N) is 2. The molecule has 4 N–H and O–H groups in total. The molecule has 94 valence electrons. The monoisotopic (exact) mass is 242 g/mol. The molecule has 1 rings (SSSR count). The van der Waals surface area contributed by atoms with E-state index in [-0.39, 0.29) is 25.0 Å². The maximum absolute atomic E-state index is 11.5. The molecular weight excluding hydrogens is 226 g/mol. The van der Waals surface area contributed by atoms with Crippen LogP contribution in [0.3, 0.4) is 0 Å². The second-order valence-corrected chi connectivity index (χ2v) is 3.99. The third-order valence-corrected chi connectivity index (χ3v) is 2.64. The van der Waals surface area contributed by atoms with Crippen molar-refractivity contribution in [1.82, 2.24) is 10.6 Å². The molecule has 1 saturated heterocycles. The van der Waals surface area contributed by atoms with E-state index in [1.54, 1.807) is 0 Å². The standard InChI is InChI=1S/C10H15N3O4/c1-11-7(5-14)3-9(15)13-6-2-8(10(16)17)12-4-6/h1,6-8,12,14H,2-5H2,(H-,13,15,16,17)/p+1. The molecule has 0 aromatic rings. The van der Waals surface area contributed by atoms with E-state index in [1.165, 1.54) is 0 Å². The molecule has 3 unspecified atom stereocenters. The van der Waals surface area contributed by atoms with E-state index < -0.39 is 18.1 Å². The van der Waals surface area contributed by atoms with Gasteiger partial charge in [-0.3, -0.25) is 9.59 Å². The first kappa shape index (κ1) is 13.4. The SMILES string of the molecule is C#[N+]C(CO)CC(=O)NC1CNC(C(=O)O)C1. The van der Waals surface area contributed by atoms with E-state index in [1.807, 2.05) is 0 Å². The van der Waals surface area contributed by atoms with Crippen LogP contribution in [0.5, 0.6) is 0 Å². The summed E-state index contributed by atoms with van der Waals surface area (Å²) in [6, 6.07) is -1.44. The zero-order valence-corrected chi connectivity index (χ0v) is 9.30. The van der Waals surface area contributed by atoms with Gasteiger partial charge in [0.1, 0.15) is 19.1 Å². The Balaban J connectivity index is 2.33. The van der Waals surface area contributed by atoms with Crippen LogP contribution in [-0.2, 0) is 9.59 Å². The van der Waals surface area contributed by atoms with Gasteiger partial charge in [0, 0.05) is 12.6 Å². The summed E-state index contributed by atoms with van der Waals surface area (Å²) in [6.45, 7) is 5.13. The Morgan fingerprint density at radius 2 is 2.29 bits per heavy atom. The van der Waals surface area contributed by atoms with E-state index in [4.69, 9.17) is 16.8 Å². The van der Waals surface area contributed by atoms with Crippen LogP contribution in [0.1, 0.15) is 12.8 Å². The van der Waals surface area contributed by atoms with Gasteiger partial charge in [-0.2, -0.15) is 0 Å². The molecular formula is C10H16N3O4+. The van der Waals surface area contributed by atoms with Gasteiger partial charge in [-0.1, -0.05) is 4.85 Å². The largest absolute Gasteiger partial charge is 0.480 e. The number of nitrogens with zero attached hydrogens (tertiary/aromatic N) is 1. The number of carboxylic acid groups (broad SMARTS) is 1. The third kappa shape index (κ3) is 4.01. The van der Waals surface area contributed by atoms with Crippen LogP contribution >= 0.6 is 0 Å². The number of hydrogen-bond acceptors (Lipinski definition) is 4. The highest BCUT2D eigenvalue weighted by Crippen LogP contribution is 2.07. The van der Waals surface area contributed by atoms with Crippen LogP contribution in [0.2, 0.25) is 0 Å². The summed E-state index contributed by atoms with van der Waals surface area (Å²) < 4.78 is 0. The first-order valence-electron chi connectivity index (χ1n) is 5.33. The second-order valence-electron chi connectivity index (χ2n) is 3.99. The Morgan fingerprint density at radius 3 is 2.76 bits per heavy atom. The smallest absolute Gasteiger partial charge is 0.320 e. The Labute approximate surface area is 98.6 Å². The van der Waals surface area contributed by atoms with Crippen LogP contribution in [0.4, 0.5) is 0 Å². The molecule has 7 nitrogen and oxygen atoms in total. The number of aliphatic hydroxyl groups excluding tert-OH is 1. The fourth-order valence-electron chi connectivity index (χ4n) is 1.70. The summed E-state index contributed by atoms with van der Waals surface area (Å²) in [6.07, 6.45) is 0.353. The molecule has 17 heavy (non-hydrogen) atoms. The molecule has 1 aliphatic rings. The summed E-state index contributed by atoms with van der Waals surface area (Å²) in [7, 11) is 0. The molecule has 0 bridgehead atoms. The van der Waals surface area contributed by atoms with Crippen molar-refractivity contribution >= 4 is 11.9 Å². The molecule has 0 saturated carbocycles. The summed E-state index contributed by atoms with van der Waals surface area (Å²) in [5.41, 5.74) is 0. The van der Waals surface area contributed by atoms with E-state index in [0.29, 0.717) is 13.0 Å². The highest BCUT2D eigenvalue weighted by Gasteiger charge is 2.31. The fraction of sp³-hybridized carbons (Fsp3) is 0.700. The molecule has 0 aromatic carbocycles. The van der Waals surface area contributed by atoms with Crippen molar-refractivity contribution in [2.24, 2.45) is 0 Å². The molecule has 0 radical (unpaired) electrons. The number of rotatable bonds is 5. The van der Waals surface area contributed by atoms with Gasteiger partial charge in [0.05, 0.1) is 0 Å². The van der Waals surface area contributed by atoms with Gasteiger partial charge in [0.2, 0.25) is 5.91 Å². The molecule has 1 aliphatic heterocycles. The molecule has 1 amide bonds. The summed E-state index contributed by atoms with van der Waals surface area (Å²) >= 11 is 0. The van der Waals surface area contributed by atoms with Gasteiger partial charge in [-0.05, 0) is 6.42 Å². The number of carboxylic acids is 1. The third-order valence-electron chi connectivity index (χ3n) is 2.64. The van der Waals surface area contributed by atoms with E-state index in [0.717, 1.165) is 0 Å². The van der Waals surface area contributed by atoms with Crippen molar-refractivity contribution in [1.29, 1.82) is 0 Å². The van der Waals surface area contributed by atoms with Gasteiger partial charge in [-0.15, -0.1) is 0 Å². The predicted molar refractivity (Wildman–Crippen MR) is 59.8 cm³/mol. The molecule has 0 aromatic heterocycles. The van der Waals surface area contributed by atoms with Crippen LogP contribution in [-0.4, -0.2) is 53.4 Å². The van der Waals surface area contributed by atoms with Crippen molar-refractivity contribution in [2.45, 2.75) is 31.0 Å². The number of carbonyl (C=O) groups excluding carboxylic acids is 1. The van der Waals surface area contributed by atoms with Crippen molar-refractivity contribution in [3.05, 3.63) is 4.85 Å². The first-order chi connectivity index (χ1) is 8.06. The topological polar surface area (TPSA) is 103 Å². The second kappa shape index (κ2) is 6.18. The zero-order valence-electron chi connectivity index (χ0n) is 9.30. The molecule has 7 heteroatoms.